The summed E-state index contributed by atoms with van der Waals surface area (Å²) in [6, 6.07) is 16.7. The zero-order valence-corrected chi connectivity index (χ0v) is 13.2. The van der Waals surface area contributed by atoms with Crippen molar-refractivity contribution in [2.75, 3.05) is 21.2 Å². The van der Waals surface area contributed by atoms with Crippen molar-refractivity contribution in [1.82, 2.24) is 9.88 Å². The van der Waals surface area contributed by atoms with Gasteiger partial charge in [0.1, 0.15) is 5.75 Å². The second-order valence-corrected chi connectivity index (χ2v) is 5.72. The lowest BCUT2D eigenvalue weighted by Gasteiger charge is -2.11. The molecule has 3 heteroatoms. The number of hydrogen-bond acceptors (Lipinski definition) is 3. The summed E-state index contributed by atoms with van der Waals surface area (Å²) in [5.74, 6) is 0.854. The summed E-state index contributed by atoms with van der Waals surface area (Å²) in [7, 11) is 5.84. The Morgan fingerprint density at radius 2 is 1.86 bits per heavy atom. The van der Waals surface area contributed by atoms with Crippen LogP contribution in [-0.2, 0) is 6.54 Å². The molecule has 0 radical (unpaired) electrons. The highest BCUT2D eigenvalue weighted by Gasteiger charge is 2.04. The molecule has 0 amide bonds. The number of fused-ring (bicyclic) bond motifs is 1. The Hall–Kier alpha value is -2.39. The SMILES string of the molecule is COc1ccc2ncc(-c3cccc(CN(C)C)c3)cc2c1. The number of rotatable bonds is 4. The number of hydrogen-bond donors (Lipinski definition) is 0. The van der Waals surface area contributed by atoms with Gasteiger partial charge in [0.15, 0.2) is 0 Å². The Labute approximate surface area is 131 Å². The molecule has 2 aromatic carbocycles. The summed E-state index contributed by atoms with van der Waals surface area (Å²) < 4.78 is 5.30. The van der Waals surface area contributed by atoms with E-state index in [1.165, 1.54) is 11.1 Å². The monoisotopic (exact) mass is 292 g/mol. The Kier molecular flexibility index (Phi) is 4.07. The van der Waals surface area contributed by atoms with E-state index in [1.807, 2.05) is 24.4 Å². The minimum Gasteiger partial charge on any atom is -0.497 e. The Morgan fingerprint density at radius 1 is 1.00 bits per heavy atom. The molecule has 3 nitrogen and oxygen atoms in total. The van der Waals surface area contributed by atoms with Crippen molar-refractivity contribution in [2.24, 2.45) is 0 Å². The van der Waals surface area contributed by atoms with Gasteiger partial charge in [-0.05, 0) is 55.6 Å². The van der Waals surface area contributed by atoms with Gasteiger partial charge in [0.05, 0.1) is 12.6 Å². The molecule has 112 valence electrons. The first kappa shape index (κ1) is 14.5. The van der Waals surface area contributed by atoms with Crippen LogP contribution in [-0.4, -0.2) is 31.1 Å². The van der Waals surface area contributed by atoms with Crippen molar-refractivity contribution in [3.05, 3.63) is 60.3 Å². The summed E-state index contributed by atoms with van der Waals surface area (Å²) in [6.45, 7) is 0.933. The summed E-state index contributed by atoms with van der Waals surface area (Å²) >= 11 is 0. The predicted octanol–water partition coefficient (Wildman–Crippen LogP) is 3.97. The van der Waals surface area contributed by atoms with Gasteiger partial charge in [0, 0.05) is 23.7 Å². The molecule has 0 N–H and O–H groups in total. The molecular formula is C19H20N2O. The first-order chi connectivity index (χ1) is 10.7. The zero-order chi connectivity index (χ0) is 15.5. The molecule has 0 saturated carbocycles. The smallest absolute Gasteiger partial charge is 0.119 e. The van der Waals surface area contributed by atoms with Crippen LogP contribution in [0.5, 0.6) is 5.75 Å². The molecule has 1 aromatic heterocycles. The molecule has 0 spiro atoms. The average molecular weight is 292 g/mol. The van der Waals surface area contributed by atoms with Crippen LogP contribution in [0.15, 0.2) is 54.7 Å². The van der Waals surface area contributed by atoms with Crippen LogP contribution in [0.4, 0.5) is 0 Å². The third-order valence-corrected chi connectivity index (χ3v) is 3.65. The standard InChI is InChI=1S/C19H20N2O/c1-21(2)13-14-5-4-6-15(9-14)17-10-16-11-18(22-3)7-8-19(16)20-12-17/h4-12H,13H2,1-3H3. The van der Waals surface area contributed by atoms with E-state index in [9.17, 15) is 0 Å². The van der Waals surface area contributed by atoms with Crippen LogP contribution in [0.2, 0.25) is 0 Å². The minimum atomic E-state index is 0.854. The van der Waals surface area contributed by atoms with Crippen LogP contribution in [0.25, 0.3) is 22.0 Å². The fraction of sp³-hybridized carbons (Fsp3) is 0.211. The van der Waals surface area contributed by atoms with Gasteiger partial charge in [-0.2, -0.15) is 0 Å². The highest BCUT2D eigenvalue weighted by Crippen LogP contribution is 2.26. The van der Waals surface area contributed by atoms with Crippen molar-refractivity contribution >= 4 is 10.9 Å². The first-order valence-corrected chi connectivity index (χ1v) is 7.33. The van der Waals surface area contributed by atoms with Crippen molar-refractivity contribution in [3.63, 3.8) is 0 Å². The Morgan fingerprint density at radius 3 is 2.64 bits per heavy atom. The molecule has 3 aromatic rings. The first-order valence-electron chi connectivity index (χ1n) is 7.33. The maximum absolute atomic E-state index is 5.30. The van der Waals surface area contributed by atoms with Gasteiger partial charge >= 0.3 is 0 Å². The molecule has 0 aliphatic rings. The van der Waals surface area contributed by atoms with Crippen molar-refractivity contribution < 1.29 is 4.74 Å². The van der Waals surface area contributed by atoms with E-state index in [-0.39, 0.29) is 0 Å². The lowest BCUT2D eigenvalue weighted by molar-refractivity contribution is 0.402. The molecule has 1 heterocycles. The fourth-order valence-corrected chi connectivity index (χ4v) is 2.61. The maximum Gasteiger partial charge on any atom is 0.119 e. The molecule has 0 bridgehead atoms. The van der Waals surface area contributed by atoms with E-state index >= 15 is 0 Å². The molecule has 0 aliphatic heterocycles. The topological polar surface area (TPSA) is 25.4 Å². The van der Waals surface area contributed by atoms with Crippen molar-refractivity contribution in [2.45, 2.75) is 6.54 Å². The third kappa shape index (κ3) is 3.10. The second-order valence-electron chi connectivity index (χ2n) is 5.72. The Balaban J connectivity index is 2.02. The summed E-state index contributed by atoms with van der Waals surface area (Å²) in [6.07, 6.45) is 1.93. The van der Waals surface area contributed by atoms with E-state index in [2.05, 4.69) is 54.3 Å². The molecule has 3 rings (SSSR count). The maximum atomic E-state index is 5.30. The second kappa shape index (κ2) is 6.16. The fourth-order valence-electron chi connectivity index (χ4n) is 2.61. The quantitative estimate of drug-likeness (QED) is 0.727. The van der Waals surface area contributed by atoms with Crippen LogP contribution >= 0.6 is 0 Å². The van der Waals surface area contributed by atoms with E-state index in [4.69, 9.17) is 4.74 Å². The molecule has 0 aliphatic carbocycles. The molecule has 0 atom stereocenters. The van der Waals surface area contributed by atoms with Crippen LogP contribution in [0.3, 0.4) is 0 Å². The van der Waals surface area contributed by atoms with Gasteiger partial charge in [-0.15, -0.1) is 0 Å². The van der Waals surface area contributed by atoms with E-state index in [0.717, 1.165) is 28.8 Å². The average Bonchev–Trinajstić information content (AvgIpc) is 2.53. The minimum absolute atomic E-state index is 0.854. The van der Waals surface area contributed by atoms with Crippen LogP contribution < -0.4 is 4.74 Å². The van der Waals surface area contributed by atoms with E-state index in [0.29, 0.717) is 0 Å². The third-order valence-electron chi connectivity index (χ3n) is 3.65. The summed E-state index contributed by atoms with van der Waals surface area (Å²) in [4.78, 5) is 6.73. The number of methoxy groups -OCH3 is 1. The predicted molar refractivity (Wildman–Crippen MR) is 91.1 cm³/mol. The molecule has 0 unspecified atom stereocenters. The van der Waals surface area contributed by atoms with E-state index in [1.54, 1.807) is 7.11 Å². The van der Waals surface area contributed by atoms with Gasteiger partial charge in [-0.25, -0.2) is 0 Å². The lowest BCUT2D eigenvalue weighted by Crippen LogP contribution is -2.10. The molecule has 0 fully saturated rings. The van der Waals surface area contributed by atoms with E-state index < -0.39 is 0 Å². The lowest BCUT2D eigenvalue weighted by atomic mass is 10.0. The van der Waals surface area contributed by atoms with Gasteiger partial charge in [0.25, 0.3) is 0 Å². The number of ether oxygens (including phenoxy) is 1. The largest absolute Gasteiger partial charge is 0.497 e. The van der Waals surface area contributed by atoms with Crippen LogP contribution in [0, 0.1) is 0 Å². The molecular weight excluding hydrogens is 272 g/mol. The highest BCUT2D eigenvalue weighted by atomic mass is 16.5. The summed E-state index contributed by atoms with van der Waals surface area (Å²) in [5, 5.41) is 1.09. The number of benzene rings is 2. The zero-order valence-electron chi connectivity index (χ0n) is 13.2. The molecule has 22 heavy (non-hydrogen) atoms. The van der Waals surface area contributed by atoms with Crippen molar-refractivity contribution in [1.29, 1.82) is 0 Å². The van der Waals surface area contributed by atoms with Crippen molar-refractivity contribution in [3.8, 4) is 16.9 Å². The van der Waals surface area contributed by atoms with Gasteiger partial charge in [-0.1, -0.05) is 18.2 Å². The molecule has 0 saturated heterocycles. The summed E-state index contributed by atoms with van der Waals surface area (Å²) in [5.41, 5.74) is 4.60. The van der Waals surface area contributed by atoms with Gasteiger partial charge in [0.2, 0.25) is 0 Å². The van der Waals surface area contributed by atoms with Gasteiger partial charge in [-0.3, -0.25) is 4.98 Å². The highest BCUT2D eigenvalue weighted by molar-refractivity contribution is 5.84. The normalized spacial score (nSPS) is 11.1. The van der Waals surface area contributed by atoms with Gasteiger partial charge < -0.3 is 9.64 Å². The number of nitrogens with zero attached hydrogens (tertiary/aromatic N) is 2. The Bertz CT molecular complexity index is 796. The number of pyridine rings is 1. The van der Waals surface area contributed by atoms with Crippen LogP contribution in [0.1, 0.15) is 5.56 Å². The number of aromatic nitrogens is 1.